The zero-order valence-corrected chi connectivity index (χ0v) is 13.1. The van der Waals surface area contributed by atoms with E-state index in [1.165, 1.54) is 14.2 Å². The number of esters is 1. The van der Waals surface area contributed by atoms with Crippen LogP contribution in [-0.2, 0) is 14.3 Å². The van der Waals surface area contributed by atoms with Gasteiger partial charge in [-0.25, -0.2) is 0 Å². The Morgan fingerprint density at radius 3 is 2.70 bits per heavy atom. The number of ether oxygens (including phenoxy) is 2. The third-order valence-electron chi connectivity index (χ3n) is 4.44. The standard InChI is InChI=1S/C16H19NO6/c1-22-12-6-3-5-11(9-12)13(10-17(20)21)16(15(19)23-2)8-4-7-14(16)18/h3,5-6,9,13H,4,7-8,10H2,1-2H3/t13-,16+/m0/s1. The zero-order chi connectivity index (χ0) is 17.0. The number of hydrogen-bond donors (Lipinski definition) is 0. The smallest absolute Gasteiger partial charge is 0.320 e. The van der Waals surface area contributed by atoms with Crippen LogP contribution in [0.25, 0.3) is 0 Å². The highest BCUT2D eigenvalue weighted by Crippen LogP contribution is 2.48. The fourth-order valence-electron chi connectivity index (χ4n) is 3.35. The highest BCUT2D eigenvalue weighted by Gasteiger charge is 2.57. The van der Waals surface area contributed by atoms with Crippen molar-refractivity contribution in [3.8, 4) is 5.75 Å². The van der Waals surface area contributed by atoms with Gasteiger partial charge in [0.15, 0.2) is 5.78 Å². The van der Waals surface area contributed by atoms with Crippen molar-refractivity contribution in [2.24, 2.45) is 5.41 Å². The van der Waals surface area contributed by atoms with Crippen molar-refractivity contribution in [3.63, 3.8) is 0 Å². The molecule has 2 rings (SSSR count). The van der Waals surface area contributed by atoms with Gasteiger partial charge >= 0.3 is 5.97 Å². The molecule has 1 fully saturated rings. The third-order valence-corrected chi connectivity index (χ3v) is 4.44. The number of rotatable bonds is 6. The van der Waals surface area contributed by atoms with Crippen molar-refractivity contribution >= 4 is 11.8 Å². The van der Waals surface area contributed by atoms with E-state index in [4.69, 9.17) is 9.47 Å². The van der Waals surface area contributed by atoms with Gasteiger partial charge in [0.1, 0.15) is 11.2 Å². The first-order valence-electron chi connectivity index (χ1n) is 7.33. The summed E-state index contributed by atoms with van der Waals surface area (Å²) in [6.45, 7) is -0.520. The molecular formula is C16H19NO6. The number of carbonyl (C=O) groups excluding carboxylic acids is 2. The van der Waals surface area contributed by atoms with Gasteiger partial charge in [-0.15, -0.1) is 0 Å². The molecule has 7 nitrogen and oxygen atoms in total. The molecule has 124 valence electrons. The monoisotopic (exact) mass is 321 g/mol. The lowest BCUT2D eigenvalue weighted by Gasteiger charge is -2.31. The van der Waals surface area contributed by atoms with E-state index in [1.807, 2.05) is 0 Å². The van der Waals surface area contributed by atoms with E-state index in [0.717, 1.165) is 0 Å². The quantitative estimate of drug-likeness (QED) is 0.344. The predicted molar refractivity (Wildman–Crippen MR) is 80.9 cm³/mol. The average Bonchev–Trinajstić information content (AvgIpc) is 2.94. The molecule has 0 radical (unpaired) electrons. The van der Waals surface area contributed by atoms with E-state index in [-0.39, 0.29) is 18.6 Å². The molecule has 2 atom stereocenters. The SMILES string of the molecule is COC(=O)[C@@]1([C@@H](C[N+](=O)[O-])c2cccc(OC)c2)CCCC1=O. The van der Waals surface area contributed by atoms with E-state index in [0.29, 0.717) is 17.7 Å². The van der Waals surface area contributed by atoms with Crippen LogP contribution in [0.1, 0.15) is 30.7 Å². The van der Waals surface area contributed by atoms with Gasteiger partial charge in [-0.2, -0.15) is 0 Å². The number of carbonyl (C=O) groups is 2. The Balaban J connectivity index is 2.57. The average molecular weight is 321 g/mol. The van der Waals surface area contributed by atoms with Crippen molar-refractivity contribution < 1.29 is 24.0 Å². The maximum Gasteiger partial charge on any atom is 0.320 e. The molecule has 0 aliphatic heterocycles. The van der Waals surface area contributed by atoms with E-state index < -0.39 is 28.8 Å². The first-order valence-corrected chi connectivity index (χ1v) is 7.33. The Morgan fingerprint density at radius 2 is 2.17 bits per heavy atom. The van der Waals surface area contributed by atoms with Crippen LogP contribution in [0.4, 0.5) is 0 Å². The number of nitrogens with zero attached hydrogens (tertiary/aromatic N) is 1. The molecule has 0 unspecified atom stereocenters. The third kappa shape index (κ3) is 3.04. The van der Waals surface area contributed by atoms with Crippen molar-refractivity contribution in [2.75, 3.05) is 20.8 Å². The molecule has 1 aromatic rings. The number of benzene rings is 1. The van der Waals surface area contributed by atoms with Crippen molar-refractivity contribution in [1.82, 2.24) is 0 Å². The second-order valence-electron chi connectivity index (χ2n) is 5.58. The lowest BCUT2D eigenvalue weighted by molar-refractivity contribution is -0.485. The summed E-state index contributed by atoms with van der Waals surface area (Å²) < 4.78 is 9.98. The predicted octanol–water partition coefficient (Wildman–Crippen LogP) is 1.97. The Kier molecular flexibility index (Phi) is 4.98. The minimum atomic E-state index is -1.49. The van der Waals surface area contributed by atoms with Crippen LogP contribution in [0.5, 0.6) is 5.75 Å². The van der Waals surface area contributed by atoms with Gasteiger partial charge in [-0.3, -0.25) is 19.7 Å². The van der Waals surface area contributed by atoms with E-state index >= 15 is 0 Å². The molecule has 0 spiro atoms. The molecule has 0 bridgehead atoms. The van der Waals surface area contributed by atoms with E-state index in [1.54, 1.807) is 24.3 Å². The lowest BCUT2D eigenvalue weighted by atomic mass is 9.70. The second kappa shape index (κ2) is 6.76. The van der Waals surface area contributed by atoms with Gasteiger partial charge in [-0.05, 0) is 30.5 Å². The van der Waals surface area contributed by atoms with Crippen LogP contribution in [0.3, 0.4) is 0 Å². The van der Waals surface area contributed by atoms with Crippen molar-refractivity contribution in [1.29, 1.82) is 0 Å². The number of methoxy groups -OCH3 is 2. The van der Waals surface area contributed by atoms with Gasteiger partial charge in [0.2, 0.25) is 6.54 Å². The fourth-order valence-corrected chi connectivity index (χ4v) is 3.35. The minimum absolute atomic E-state index is 0.229. The first-order chi connectivity index (χ1) is 11.0. The van der Waals surface area contributed by atoms with E-state index in [2.05, 4.69) is 0 Å². The number of Topliss-reactive ketones (excluding diaryl/α,β-unsaturated/α-hetero) is 1. The lowest BCUT2D eigenvalue weighted by Crippen LogP contribution is -2.44. The van der Waals surface area contributed by atoms with Crippen LogP contribution in [0.15, 0.2) is 24.3 Å². The second-order valence-corrected chi connectivity index (χ2v) is 5.58. The minimum Gasteiger partial charge on any atom is -0.497 e. The largest absolute Gasteiger partial charge is 0.497 e. The van der Waals surface area contributed by atoms with Crippen molar-refractivity contribution in [3.05, 3.63) is 39.9 Å². The number of ketones is 1. The Morgan fingerprint density at radius 1 is 1.43 bits per heavy atom. The summed E-state index contributed by atoms with van der Waals surface area (Å²) in [4.78, 5) is 35.6. The molecule has 0 amide bonds. The Hall–Kier alpha value is -2.44. The molecule has 0 heterocycles. The van der Waals surface area contributed by atoms with Crippen LogP contribution in [-0.4, -0.2) is 37.4 Å². The molecule has 1 aliphatic carbocycles. The highest BCUT2D eigenvalue weighted by molar-refractivity contribution is 6.06. The summed E-state index contributed by atoms with van der Waals surface area (Å²) >= 11 is 0. The van der Waals surface area contributed by atoms with Crippen LogP contribution < -0.4 is 4.74 Å². The molecule has 0 saturated heterocycles. The van der Waals surface area contributed by atoms with Gasteiger partial charge in [-0.1, -0.05) is 12.1 Å². The Bertz CT molecular complexity index is 629. The first kappa shape index (κ1) is 16.9. The van der Waals surface area contributed by atoms with E-state index in [9.17, 15) is 19.7 Å². The van der Waals surface area contributed by atoms with Crippen LogP contribution in [0.2, 0.25) is 0 Å². The summed E-state index contributed by atoms with van der Waals surface area (Å²) in [6.07, 6.45) is 1.01. The normalized spacial score (nSPS) is 21.7. The molecular weight excluding hydrogens is 302 g/mol. The summed E-state index contributed by atoms with van der Waals surface area (Å²) in [6, 6.07) is 6.69. The Labute approximate surface area is 133 Å². The van der Waals surface area contributed by atoms with Gasteiger partial charge in [0, 0.05) is 11.3 Å². The summed E-state index contributed by atoms with van der Waals surface area (Å²) in [5, 5.41) is 11.2. The van der Waals surface area contributed by atoms with Crippen molar-refractivity contribution in [2.45, 2.75) is 25.2 Å². The van der Waals surface area contributed by atoms with Gasteiger partial charge in [0.05, 0.1) is 20.1 Å². The maximum absolute atomic E-state index is 12.5. The number of hydrogen-bond acceptors (Lipinski definition) is 6. The molecule has 0 N–H and O–H groups in total. The zero-order valence-electron chi connectivity index (χ0n) is 13.1. The molecule has 1 saturated carbocycles. The topological polar surface area (TPSA) is 95.7 Å². The van der Waals surface area contributed by atoms with Gasteiger partial charge in [0.25, 0.3) is 0 Å². The summed E-state index contributed by atoms with van der Waals surface area (Å²) in [5.41, 5.74) is -0.963. The maximum atomic E-state index is 12.5. The number of nitro groups is 1. The molecule has 1 aliphatic rings. The molecule has 7 heteroatoms. The molecule has 1 aromatic carbocycles. The van der Waals surface area contributed by atoms with Crippen LogP contribution in [0, 0.1) is 15.5 Å². The summed E-state index contributed by atoms with van der Waals surface area (Å²) in [7, 11) is 2.68. The highest BCUT2D eigenvalue weighted by atomic mass is 16.6. The molecule has 0 aromatic heterocycles. The summed E-state index contributed by atoms with van der Waals surface area (Å²) in [5.74, 6) is -1.36. The van der Waals surface area contributed by atoms with Crippen LogP contribution >= 0.6 is 0 Å². The fraction of sp³-hybridized carbons (Fsp3) is 0.500. The van der Waals surface area contributed by atoms with Gasteiger partial charge < -0.3 is 9.47 Å². The molecule has 23 heavy (non-hydrogen) atoms.